The zero-order chi connectivity index (χ0) is 22.9. The van der Waals surface area contributed by atoms with Crippen molar-refractivity contribution in [2.24, 2.45) is 5.92 Å². The summed E-state index contributed by atoms with van der Waals surface area (Å²) in [6, 6.07) is 14.5. The fourth-order valence-electron chi connectivity index (χ4n) is 4.87. The quantitative estimate of drug-likeness (QED) is 0.704. The first kappa shape index (κ1) is 22.1. The van der Waals surface area contributed by atoms with Crippen LogP contribution >= 0.6 is 0 Å². The van der Waals surface area contributed by atoms with Gasteiger partial charge in [0.2, 0.25) is 5.91 Å². The van der Waals surface area contributed by atoms with Crippen LogP contribution in [0.4, 0.5) is 4.79 Å². The molecule has 4 amide bonds. The molecule has 3 atom stereocenters. The number of nitrogens with one attached hydrogen (secondary N) is 2. The van der Waals surface area contributed by atoms with Gasteiger partial charge in [0.25, 0.3) is 5.91 Å². The minimum Gasteiger partial charge on any atom is -0.352 e. The lowest BCUT2D eigenvalue weighted by Crippen LogP contribution is -2.48. The van der Waals surface area contributed by atoms with Crippen LogP contribution in [0.3, 0.4) is 0 Å². The molecule has 2 fully saturated rings. The van der Waals surface area contributed by atoms with E-state index in [0.717, 1.165) is 35.3 Å². The van der Waals surface area contributed by atoms with Gasteiger partial charge in [-0.15, -0.1) is 0 Å². The summed E-state index contributed by atoms with van der Waals surface area (Å²) in [4.78, 5) is 40.6. The third-order valence-electron chi connectivity index (χ3n) is 7.01. The highest BCUT2D eigenvalue weighted by Crippen LogP contribution is 2.36. The standard InChI is InChI=1S/C26H31N3O3/c1-17-13-14-21(15-19(17)3)26(20-10-5-4-6-11-20)24(31)29(25(32)28-26)16-23(30)27-22-12-8-7-9-18(22)2/h4-6,10-11,13-15,18,22H,7-9,12,16H2,1-3H3,(H,27,30)(H,28,32). The van der Waals surface area contributed by atoms with Gasteiger partial charge in [0, 0.05) is 6.04 Å². The topological polar surface area (TPSA) is 78.5 Å². The summed E-state index contributed by atoms with van der Waals surface area (Å²) in [5, 5.41) is 5.97. The van der Waals surface area contributed by atoms with Crippen molar-refractivity contribution in [2.75, 3.05) is 6.54 Å². The zero-order valence-corrected chi connectivity index (χ0v) is 19.0. The summed E-state index contributed by atoms with van der Waals surface area (Å²) in [5.74, 6) is -0.324. The number of hydrogen-bond acceptors (Lipinski definition) is 3. The summed E-state index contributed by atoms with van der Waals surface area (Å²) >= 11 is 0. The Labute approximate surface area is 189 Å². The molecule has 2 aromatic carbocycles. The number of aryl methyl sites for hydroxylation is 2. The molecule has 1 heterocycles. The van der Waals surface area contributed by atoms with Gasteiger partial charge in [0.1, 0.15) is 6.54 Å². The van der Waals surface area contributed by atoms with E-state index in [1.165, 1.54) is 6.42 Å². The van der Waals surface area contributed by atoms with Crippen molar-refractivity contribution in [1.29, 1.82) is 0 Å². The van der Waals surface area contributed by atoms with Gasteiger partial charge < -0.3 is 10.6 Å². The lowest BCUT2D eigenvalue weighted by Gasteiger charge is -2.30. The molecule has 1 aliphatic carbocycles. The third kappa shape index (κ3) is 3.90. The van der Waals surface area contributed by atoms with Crippen molar-refractivity contribution in [3.63, 3.8) is 0 Å². The zero-order valence-electron chi connectivity index (χ0n) is 19.0. The van der Waals surface area contributed by atoms with Crippen LogP contribution in [0.1, 0.15) is 54.9 Å². The molecule has 1 saturated carbocycles. The van der Waals surface area contributed by atoms with Crippen molar-refractivity contribution in [3.05, 3.63) is 70.8 Å². The minimum absolute atomic E-state index is 0.0932. The predicted molar refractivity (Wildman–Crippen MR) is 123 cm³/mol. The maximum Gasteiger partial charge on any atom is 0.326 e. The molecule has 168 valence electrons. The summed E-state index contributed by atoms with van der Waals surface area (Å²) < 4.78 is 0. The first-order valence-corrected chi connectivity index (χ1v) is 11.4. The molecule has 2 aliphatic rings. The molecule has 0 bridgehead atoms. The smallest absolute Gasteiger partial charge is 0.326 e. The third-order valence-corrected chi connectivity index (χ3v) is 7.01. The van der Waals surface area contributed by atoms with Gasteiger partial charge in [0.05, 0.1) is 0 Å². The van der Waals surface area contributed by atoms with Crippen LogP contribution in [0.25, 0.3) is 0 Å². The Hall–Kier alpha value is -3.15. The van der Waals surface area contributed by atoms with Crippen molar-refractivity contribution in [2.45, 2.75) is 58.0 Å². The van der Waals surface area contributed by atoms with Crippen molar-refractivity contribution in [1.82, 2.24) is 15.5 Å². The average molecular weight is 434 g/mol. The van der Waals surface area contributed by atoms with Gasteiger partial charge in [-0.2, -0.15) is 0 Å². The highest BCUT2D eigenvalue weighted by atomic mass is 16.2. The highest BCUT2D eigenvalue weighted by Gasteiger charge is 2.54. The first-order valence-electron chi connectivity index (χ1n) is 11.4. The molecule has 1 saturated heterocycles. The Morgan fingerprint density at radius 1 is 1.03 bits per heavy atom. The van der Waals surface area contributed by atoms with Gasteiger partial charge in [-0.3, -0.25) is 14.5 Å². The van der Waals surface area contributed by atoms with Gasteiger partial charge in [-0.1, -0.05) is 68.3 Å². The molecule has 6 heteroatoms. The van der Waals surface area contributed by atoms with Crippen molar-refractivity contribution < 1.29 is 14.4 Å². The molecular weight excluding hydrogens is 402 g/mol. The van der Waals surface area contributed by atoms with Crippen LogP contribution in [0.5, 0.6) is 0 Å². The fraction of sp³-hybridized carbons (Fsp3) is 0.423. The number of carbonyl (C=O) groups is 3. The largest absolute Gasteiger partial charge is 0.352 e. The maximum atomic E-state index is 13.8. The summed E-state index contributed by atoms with van der Waals surface area (Å²) in [7, 11) is 0. The fourth-order valence-corrected chi connectivity index (χ4v) is 4.87. The molecule has 0 radical (unpaired) electrons. The molecule has 2 N–H and O–H groups in total. The van der Waals surface area contributed by atoms with Crippen molar-refractivity contribution >= 4 is 17.8 Å². The van der Waals surface area contributed by atoms with Gasteiger partial charge in [-0.05, 0) is 54.9 Å². The Morgan fingerprint density at radius 3 is 2.44 bits per heavy atom. The molecule has 3 unspecified atom stereocenters. The number of rotatable bonds is 5. The van der Waals surface area contributed by atoms with E-state index >= 15 is 0 Å². The van der Waals surface area contributed by atoms with Crippen LogP contribution in [0.2, 0.25) is 0 Å². The normalized spacial score (nSPS) is 25.5. The van der Waals surface area contributed by atoms with Crippen LogP contribution < -0.4 is 10.6 Å². The van der Waals surface area contributed by atoms with E-state index in [2.05, 4.69) is 17.6 Å². The second-order valence-electron chi connectivity index (χ2n) is 9.17. The molecule has 0 spiro atoms. The Morgan fingerprint density at radius 2 is 1.75 bits per heavy atom. The minimum atomic E-state index is -1.35. The van der Waals surface area contributed by atoms with Crippen molar-refractivity contribution in [3.8, 4) is 0 Å². The molecule has 32 heavy (non-hydrogen) atoms. The van der Waals surface area contributed by atoms with Gasteiger partial charge in [0.15, 0.2) is 5.54 Å². The van der Waals surface area contributed by atoms with Crippen LogP contribution in [-0.2, 0) is 15.1 Å². The summed E-state index contributed by atoms with van der Waals surface area (Å²) in [6.07, 6.45) is 4.28. The SMILES string of the molecule is Cc1ccc(C2(c3ccccc3)NC(=O)N(CC(=O)NC3CCCCC3C)C2=O)cc1C. The Bertz CT molecular complexity index is 1040. The summed E-state index contributed by atoms with van der Waals surface area (Å²) in [5.41, 5.74) is 2.14. The van der Waals surface area contributed by atoms with Crippen LogP contribution in [0, 0.1) is 19.8 Å². The predicted octanol–water partition coefficient (Wildman–Crippen LogP) is 3.79. The number of benzene rings is 2. The Balaban J connectivity index is 1.64. The molecule has 4 rings (SSSR count). The van der Waals surface area contributed by atoms with E-state index in [-0.39, 0.29) is 18.5 Å². The second kappa shape index (κ2) is 8.77. The lowest BCUT2D eigenvalue weighted by molar-refractivity contribution is -0.134. The lowest BCUT2D eigenvalue weighted by atomic mass is 9.81. The van der Waals surface area contributed by atoms with E-state index in [0.29, 0.717) is 17.0 Å². The van der Waals surface area contributed by atoms with E-state index in [4.69, 9.17) is 0 Å². The van der Waals surface area contributed by atoms with E-state index in [1.54, 1.807) is 0 Å². The van der Waals surface area contributed by atoms with Crippen LogP contribution in [-0.4, -0.2) is 35.3 Å². The molecule has 0 aromatic heterocycles. The first-order chi connectivity index (χ1) is 15.3. The molecular formula is C26H31N3O3. The average Bonchev–Trinajstić information content (AvgIpc) is 3.03. The van der Waals surface area contributed by atoms with E-state index < -0.39 is 17.5 Å². The summed E-state index contributed by atoms with van der Waals surface area (Å²) in [6.45, 7) is 5.84. The molecule has 2 aromatic rings. The number of amides is 4. The van der Waals surface area contributed by atoms with Gasteiger partial charge >= 0.3 is 6.03 Å². The monoisotopic (exact) mass is 433 g/mol. The number of nitrogens with zero attached hydrogens (tertiary/aromatic N) is 1. The van der Waals surface area contributed by atoms with E-state index in [9.17, 15) is 14.4 Å². The highest BCUT2D eigenvalue weighted by molar-refractivity contribution is 6.11. The number of imide groups is 1. The maximum absolute atomic E-state index is 13.8. The van der Waals surface area contributed by atoms with Gasteiger partial charge in [-0.25, -0.2) is 4.79 Å². The Kier molecular flexibility index (Phi) is 6.04. The van der Waals surface area contributed by atoms with Crippen LogP contribution in [0.15, 0.2) is 48.5 Å². The second-order valence-corrected chi connectivity index (χ2v) is 9.17. The number of hydrogen-bond donors (Lipinski definition) is 2. The number of urea groups is 1. The molecule has 1 aliphatic heterocycles. The van der Waals surface area contributed by atoms with E-state index in [1.807, 2.05) is 62.4 Å². The number of carbonyl (C=O) groups excluding carboxylic acids is 3. The molecule has 6 nitrogen and oxygen atoms in total.